The molecule has 5 rings (SSSR count). The number of hydrogen-bond acceptors (Lipinski definition) is 6. The summed E-state index contributed by atoms with van der Waals surface area (Å²) in [4.78, 5) is 10.2. The van der Waals surface area contributed by atoms with Crippen LogP contribution in [-0.2, 0) is 14.3 Å². The van der Waals surface area contributed by atoms with Crippen LogP contribution in [0, 0.1) is 5.41 Å². The Balaban J connectivity index is 1.02. The highest BCUT2D eigenvalue weighted by atomic mass is 16.5. The maximum atomic E-state index is 10.2. The number of carbonyl (C=O) groups excluding carboxylic acids is 1. The van der Waals surface area contributed by atoms with E-state index in [0.717, 1.165) is 75.4 Å². The van der Waals surface area contributed by atoms with E-state index in [1.54, 1.807) is 13.3 Å². The molecule has 0 saturated heterocycles. The zero-order valence-electron chi connectivity index (χ0n) is 31.0. The highest BCUT2D eigenvalue weighted by molar-refractivity contribution is 5.80. The van der Waals surface area contributed by atoms with Crippen LogP contribution < -0.4 is 9.47 Å². The topological polar surface area (TPSA) is 77.8 Å². The van der Waals surface area contributed by atoms with E-state index < -0.39 is 0 Å². The molecule has 1 N–H and O–H groups in total. The number of ether oxygens (including phenoxy) is 4. The van der Waals surface area contributed by atoms with Gasteiger partial charge in [-0.25, -0.2) is 0 Å². The van der Waals surface area contributed by atoms with Crippen LogP contribution in [0.1, 0.15) is 154 Å². The number of benzene rings is 3. The Labute approximate surface area is 307 Å². The molecule has 0 unspecified atom stereocenters. The second-order valence-electron chi connectivity index (χ2n) is 14.8. The second-order valence-corrected chi connectivity index (χ2v) is 14.8. The summed E-state index contributed by atoms with van der Waals surface area (Å²) in [6.45, 7) is 3.38. The first-order valence-corrected chi connectivity index (χ1v) is 19.8. The number of nitrogens with one attached hydrogen (secondary N) is 1. The van der Waals surface area contributed by atoms with E-state index in [4.69, 9.17) is 24.4 Å². The van der Waals surface area contributed by atoms with Gasteiger partial charge in [0.2, 0.25) is 0 Å². The first-order valence-electron chi connectivity index (χ1n) is 19.8. The average molecular weight is 696 g/mol. The highest BCUT2D eigenvalue weighted by Crippen LogP contribution is 2.44. The van der Waals surface area contributed by atoms with E-state index in [1.165, 1.54) is 86.5 Å². The molecule has 0 amide bonds. The normalized spacial score (nSPS) is 20.4. The molecule has 0 atom stereocenters. The predicted molar refractivity (Wildman–Crippen MR) is 207 cm³/mol. The lowest BCUT2D eigenvalue weighted by Crippen LogP contribution is -2.15. The number of unbranched alkanes of at least 4 members (excludes halogenated alkanes) is 6. The van der Waals surface area contributed by atoms with Crippen LogP contribution in [0.15, 0.2) is 66.7 Å². The molecule has 51 heavy (non-hydrogen) atoms. The molecule has 0 heterocycles. The lowest BCUT2D eigenvalue weighted by Gasteiger charge is -2.31. The van der Waals surface area contributed by atoms with Gasteiger partial charge in [0, 0.05) is 19.9 Å². The molecule has 3 aromatic carbocycles. The molecule has 2 aliphatic rings. The predicted octanol–water partition coefficient (Wildman–Crippen LogP) is 11.3. The van der Waals surface area contributed by atoms with E-state index in [9.17, 15) is 4.79 Å². The van der Waals surface area contributed by atoms with E-state index in [-0.39, 0.29) is 0 Å². The molecule has 0 spiro atoms. The second kappa shape index (κ2) is 21.7. The standard InChI is InChI=1S/C45H61NO5/c1-48-28-6-2-4-8-30-50-44-25-20-38(21-26-44)36-14-16-40(17-15-36)45-27-22-41(32-42(45)33-46)39-12-10-35(11-13-39)37-18-23-43(24-19-37)51-31-9-5-3-7-29-49-34-47/h18-27,32-36,39-40,46H,2-17,28-31H2,1H3. The fraction of sp³-hybridized carbons (Fsp3) is 0.556. The summed E-state index contributed by atoms with van der Waals surface area (Å²) < 4.78 is 21.8. The summed E-state index contributed by atoms with van der Waals surface area (Å²) >= 11 is 0. The Morgan fingerprint density at radius 2 is 0.980 bits per heavy atom. The van der Waals surface area contributed by atoms with Crippen LogP contribution in [0.5, 0.6) is 11.5 Å². The van der Waals surface area contributed by atoms with Gasteiger partial charge in [-0.2, -0.15) is 0 Å². The van der Waals surface area contributed by atoms with Crippen LogP contribution >= 0.6 is 0 Å². The van der Waals surface area contributed by atoms with Crippen LogP contribution in [0.2, 0.25) is 0 Å². The largest absolute Gasteiger partial charge is 0.494 e. The van der Waals surface area contributed by atoms with Crippen molar-refractivity contribution in [3.05, 3.63) is 94.5 Å². The minimum absolute atomic E-state index is 0.511. The summed E-state index contributed by atoms with van der Waals surface area (Å²) in [5, 5.41) is 8.29. The summed E-state index contributed by atoms with van der Waals surface area (Å²) in [6.07, 6.45) is 19.8. The zero-order chi connectivity index (χ0) is 35.5. The molecule has 0 aliphatic heterocycles. The van der Waals surface area contributed by atoms with E-state index >= 15 is 0 Å². The Morgan fingerprint density at radius 3 is 1.45 bits per heavy atom. The van der Waals surface area contributed by atoms with Crippen LogP contribution in [0.4, 0.5) is 0 Å². The van der Waals surface area contributed by atoms with Crippen LogP contribution in [-0.4, -0.2) is 46.2 Å². The summed E-state index contributed by atoms with van der Waals surface area (Å²) in [5.41, 5.74) is 6.77. The van der Waals surface area contributed by atoms with Crippen molar-refractivity contribution in [2.75, 3.05) is 33.5 Å². The smallest absolute Gasteiger partial charge is 0.293 e. The van der Waals surface area contributed by atoms with Crippen molar-refractivity contribution in [2.45, 2.75) is 126 Å². The Bertz CT molecular complexity index is 1420. The van der Waals surface area contributed by atoms with Gasteiger partial charge in [0.1, 0.15) is 11.5 Å². The van der Waals surface area contributed by atoms with Crippen LogP contribution in [0.25, 0.3) is 0 Å². The van der Waals surface area contributed by atoms with Gasteiger partial charge in [-0.05, 0) is 178 Å². The van der Waals surface area contributed by atoms with Crippen molar-refractivity contribution >= 4 is 12.7 Å². The van der Waals surface area contributed by atoms with Crippen molar-refractivity contribution in [1.82, 2.24) is 0 Å². The fourth-order valence-electron chi connectivity index (χ4n) is 8.29. The summed E-state index contributed by atoms with van der Waals surface area (Å²) in [5.74, 6) is 4.24. The first-order chi connectivity index (χ1) is 25.2. The number of hydrogen-bond donors (Lipinski definition) is 1. The summed E-state index contributed by atoms with van der Waals surface area (Å²) in [7, 11) is 1.76. The molecule has 276 valence electrons. The Hall–Kier alpha value is -3.64. The van der Waals surface area contributed by atoms with Crippen LogP contribution in [0.3, 0.4) is 0 Å². The average Bonchev–Trinajstić information content (AvgIpc) is 3.19. The minimum Gasteiger partial charge on any atom is -0.494 e. The SMILES string of the molecule is COCCCCCCOc1ccc(C2CCC(c3ccc(C4CCC(c5ccc(OCCCCCCOC=O)cc5)CC4)cc3C=N)CC2)cc1. The van der Waals surface area contributed by atoms with Gasteiger partial charge in [-0.3, -0.25) is 4.79 Å². The minimum atomic E-state index is 0.511. The fourth-order valence-corrected chi connectivity index (χ4v) is 8.29. The number of carbonyl (C=O) groups is 1. The Morgan fingerprint density at radius 1 is 0.549 bits per heavy atom. The Kier molecular flexibility index (Phi) is 16.4. The van der Waals surface area contributed by atoms with Gasteiger partial charge < -0.3 is 24.4 Å². The van der Waals surface area contributed by atoms with Gasteiger partial charge in [0.25, 0.3) is 6.47 Å². The van der Waals surface area contributed by atoms with Crippen molar-refractivity contribution in [3.8, 4) is 11.5 Å². The van der Waals surface area contributed by atoms with Crippen molar-refractivity contribution in [2.24, 2.45) is 0 Å². The lowest BCUT2D eigenvalue weighted by atomic mass is 9.73. The molecule has 6 heteroatoms. The molecule has 0 bridgehead atoms. The lowest BCUT2D eigenvalue weighted by molar-refractivity contribution is -0.128. The van der Waals surface area contributed by atoms with E-state index in [0.29, 0.717) is 36.8 Å². The van der Waals surface area contributed by atoms with Gasteiger partial charge in [0.05, 0.1) is 19.8 Å². The number of methoxy groups -OCH3 is 1. The third kappa shape index (κ3) is 12.2. The molecule has 6 nitrogen and oxygen atoms in total. The van der Waals surface area contributed by atoms with E-state index in [1.807, 2.05) is 0 Å². The van der Waals surface area contributed by atoms with E-state index in [2.05, 4.69) is 66.7 Å². The zero-order valence-corrected chi connectivity index (χ0v) is 31.0. The van der Waals surface area contributed by atoms with Crippen molar-refractivity contribution < 1.29 is 23.7 Å². The number of rotatable bonds is 22. The quantitative estimate of drug-likeness (QED) is 0.0643. The van der Waals surface area contributed by atoms with Gasteiger partial charge >= 0.3 is 0 Å². The monoisotopic (exact) mass is 695 g/mol. The van der Waals surface area contributed by atoms with Gasteiger partial charge in [-0.1, -0.05) is 42.8 Å². The third-order valence-corrected chi connectivity index (χ3v) is 11.3. The van der Waals surface area contributed by atoms with Gasteiger partial charge in [-0.15, -0.1) is 0 Å². The molecule has 2 saturated carbocycles. The molecule has 2 fully saturated rings. The van der Waals surface area contributed by atoms with Gasteiger partial charge in [0.15, 0.2) is 0 Å². The molecular weight excluding hydrogens is 634 g/mol. The molecule has 0 aromatic heterocycles. The highest BCUT2D eigenvalue weighted by Gasteiger charge is 2.27. The molecular formula is C45H61NO5. The first kappa shape index (κ1) is 38.6. The molecule has 0 radical (unpaired) electrons. The van der Waals surface area contributed by atoms with Crippen molar-refractivity contribution in [3.63, 3.8) is 0 Å². The van der Waals surface area contributed by atoms with Crippen molar-refractivity contribution in [1.29, 1.82) is 5.41 Å². The summed E-state index contributed by atoms with van der Waals surface area (Å²) in [6, 6.07) is 24.7. The maximum Gasteiger partial charge on any atom is 0.293 e. The molecule has 2 aliphatic carbocycles. The maximum absolute atomic E-state index is 10.2. The molecule has 3 aromatic rings. The third-order valence-electron chi connectivity index (χ3n) is 11.3.